The number of fused-ring (bicyclic) bond motifs is 1. The zero-order chi connectivity index (χ0) is 17.5. The van der Waals surface area contributed by atoms with Crippen molar-refractivity contribution in [1.82, 2.24) is 0 Å². The number of rotatable bonds is 1. The first-order valence-corrected chi connectivity index (χ1v) is 6.82. The molecule has 0 saturated carbocycles. The number of hydrogen-bond donors (Lipinski definition) is 1. The summed E-state index contributed by atoms with van der Waals surface area (Å²) in [6, 6.07) is 4.31. The Hall–Kier alpha value is -3.03. The predicted molar refractivity (Wildman–Crippen MR) is 78.1 cm³/mol. The summed E-state index contributed by atoms with van der Waals surface area (Å²) >= 11 is 0. The van der Waals surface area contributed by atoms with E-state index < -0.39 is 23.8 Å². The van der Waals surface area contributed by atoms with E-state index in [1.807, 2.05) is 0 Å². The molecule has 0 bridgehead atoms. The molecule has 0 fully saturated rings. The first-order chi connectivity index (χ1) is 11.3. The fraction of sp³-hybridized carbons (Fsp3) is 0.125. The first kappa shape index (κ1) is 15.9. The predicted octanol–water partition coefficient (Wildman–Crippen LogP) is 2.87. The van der Waals surface area contributed by atoms with E-state index in [-0.39, 0.29) is 17.1 Å². The SMILES string of the molecule is O=C1C=CC=C2C=[N+](C(=O)O)N=C(c3cccc(C(F)(F)F)c3)[C@H]12. The second kappa shape index (κ2) is 5.55. The minimum absolute atomic E-state index is 0.0356. The highest BCUT2D eigenvalue weighted by Gasteiger charge is 2.39. The minimum Gasteiger partial charge on any atom is -0.425 e. The average molecular weight is 335 g/mol. The highest BCUT2D eigenvalue weighted by molar-refractivity contribution is 6.22. The first-order valence-electron chi connectivity index (χ1n) is 6.82. The van der Waals surface area contributed by atoms with Crippen LogP contribution in [0.3, 0.4) is 0 Å². The maximum Gasteiger partial charge on any atom is 0.625 e. The summed E-state index contributed by atoms with van der Waals surface area (Å²) in [5.41, 5.74) is -0.536. The molecule has 24 heavy (non-hydrogen) atoms. The molecule has 1 aliphatic heterocycles. The number of carbonyl (C=O) groups is 2. The van der Waals surface area contributed by atoms with E-state index in [2.05, 4.69) is 5.10 Å². The van der Waals surface area contributed by atoms with Crippen LogP contribution in [0, 0.1) is 5.92 Å². The van der Waals surface area contributed by atoms with Gasteiger partial charge in [-0.3, -0.25) is 4.79 Å². The zero-order valence-electron chi connectivity index (χ0n) is 12.0. The number of alkyl halides is 3. The van der Waals surface area contributed by atoms with Gasteiger partial charge in [-0.15, -0.1) is 0 Å². The van der Waals surface area contributed by atoms with Crippen molar-refractivity contribution in [2.24, 2.45) is 11.0 Å². The molecule has 0 aromatic heterocycles. The number of ketones is 1. The molecule has 1 N–H and O–H groups in total. The molecular formula is C16H10F3N2O3+. The summed E-state index contributed by atoms with van der Waals surface area (Å²) in [5, 5.41) is 13.0. The van der Waals surface area contributed by atoms with Gasteiger partial charge in [0.05, 0.1) is 5.56 Å². The molecule has 8 heteroatoms. The summed E-state index contributed by atoms with van der Waals surface area (Å²) in [6.45, 7) is 0. The quantitative estimate of drug-likeness (QED) is 0.802. The maximum atomic E-state index is 12.9. The van der Waals surface area contributed by atoms with Gasteiger partial charge in [-0.2, -0.15) is 18.0 Å². The Balaban J connectivity index is 2.16. The van der Waals surface area contributed by atoms with Crippen LogP contribution >= 0.6 is 0 Å². The van der Waals surface area contributed by atoms with Crippen LogP contribution in [0.2, 0.25) is 0 Å². The number of carbonyl (C=O) groups excluding carboxylic acids is 1. The van der Waals surface area contributed by atoms with Gasteiger partial charge in [0, 0.05) is 20.9 Å². The van der Waals surface area contributed by atoms with Crippen molar-refractivity contribution < 1.29 is 32.6 Å². The normalized spacial score (nSPS) is 20.0. The van der Waals surface area contributed by atoms with Crippen molar-refractivity contribution in [3.05, 3.63) is 59.2 Å². The number of carboxylic acid groups (broad SMARTS) is 1. The van der Waals surface area contributed by atoms with Gasteiger partial charge in [0.1, 0.15) is 11.6 Å². The van der Waals surface area contributed by atoms with Gasteiger partial charge in [0.15, 0.2) is 5.78 Å². The van der Waals surface area contributed by atoms with Gasteiger partial charge in [0.25, 0.3) is 0 Å². The number of amides is 1. The topological polar surface area (TPSA) is 69.7 Å². The summed E-state index contributed by atoms with van der Waals surface area (Å²) < 4.78 is 39.3. The lowest BCUT2D eigenvalue weighted by molar-refractivity contribution is -0.445. The van der Waals surface area contributed by atoms with Crippen molar-refractivity contribution in [3.8, 4) is 0 Å². The third-order valence-electron chi connectivity index (χ3n) is 3.61. The van der Waals surface area contributed by atoms with Gasteiger partial charge in [-0.05, 0) is 18.2 Å². The van der Waals surface area contributed by atoms with Crippen LogP contribution in [0.4, 0.5) is 18.0 Å². The Morgan fingerprint density at radius 1 is 1.29 bits per heavy atom. The van der Waals surface area contributed by atoms with Gasteiger partial charge in [-0.25, -0.2) is 0 Å². The van der Waals surface area contributed by atoms with Crippen LogP contribution in [0.25, 0.3) is 0 Å². The number of hydrogen-bond acceptors (Lipinski definition) is 3. The number of nitrogens with zero attached hydrogens (tertiary/aromatic N) is 2. The van der Waals surface area contributed by atoms with E-state index in [0.29, 0.717) is 10.3 Å². The van der Waals surface area contributed by atoms with Crippen molar-refractivity contribution >= 4 is 23.8 Å². The molecule has 1 heterocycles. The Labute approximate surface area is 133 Å². The van der Waals surface area contributed by atoms with Gasteiger partial charge >= 0.3 is 12.3 Å². The molecule has 1 aromatic carbocycles. The lowest BCUT2D eigenvalue weighted by Crippen LogP contribution is -2.35. The Kier molecular flexibility index (Phi) is 3.67. The highest BCUT2D eigenvalue weighted by atomic mass is 19.4. The molecule has 1 aromatic rings. The second-order valence-corrected chi connectivity index (χ2v) is 5.18. The van der Waals surface area contributed by atoms with Gasteiger partial charge in [-0.1, -0.05) is 24.3 Å². The number of benzene rings is 1. The highest BCUT2D eigenvalue weighted by Crippen LogP contribution is 2.31. The molecule has 0 radical (unpaired) electrons. The minimum atomic E-state index is -4.56. The largest absolute Gasteiger partial charge is 0.625 e. The molecule has 2 aliphatic rings. The number of allylic oxidation sites excluding steroid dienone is 4. The summed E-state index contributed by atoms with van der Waals surface area (Å²) in [7, 11) is 0. The number of hydrazone groups is 1. The molecule has 122 valence electrons. The molecule has 1 amide bonds. The zero-order valence-corrected chi connectivity index (χ0v) is 12.0. The molecule has 1 aliphatic carbocycles. The van der Waals surface area contributed by atoms with Crippen LogP contribution in [0.5, 0.6) is 0 Å². The molecule has 0 saturated heterocycles. The fourth-order valence-corrected chi connectivity index (χ4v) is 2.54. The smallest absolute Gasteiger partial charge is 0.425 e. The standard InChI is InChI=1S/C16H9F3N2O3/c17-16(18,19)11-5-1-3-9(7-11)14-13-10(4-2-6-12(13)22)8-21(20-14)15(23)24/h1-8,13H/p+1/t13-/m0/s1. The third kappa shape index (κ3) is 2.78. The van der Waals surface area contributed by atoms with E-state index in [1.54, 1.807) is 0 Å². The maximum absolute atomic E-state index is 12.9. The van der Waals surface area contributed by atoms with Crippen molar-refractivity contribution in [1.29, 1.82) is 0 Å². The Morgan fingerprint density at radius 2 is 2.04 bits per heavy atom. The Bertz CT molecular complexity index is 864. The van der Waals surface area contributed by atoms with E-state index >= 15 is 0 Å². The van der Waals surface area contributed by atoms with E-state index in [0.717, 1.165) is 12.1 Å². The van der Waals surface area contributed by atoms with Crippen molar-refractivity contribution in [3.63, 3.8) is 0 Å². The summed E-state index contributed by atoms with van der Waals surface area (Å²) in [6.07, 6.45) is -0.517. The van der Waals surface area contributed by atoms with Gasteiger partial charge in [0.2, 0.25) is 6.21 Å². The van der Waals surface area contributed by atoms with Crippen molar-refractivity contribution in [2.75, 3.05) is 0 Å². The second-order valence-electron chi connectivity index (χ2n) is 5.18. The van der Waals surface area contributed by atoms with Gasteiger partial charge < -0.3 is 5.11 Å². The van der Waals surface area contributed by atoms with Crippen LogP contribution in [-0.4, -0.2) is 33.6 Å². The molecule has 0 unspecified atom stereocenters. The number of halogens is 3. The fourth-order valence-electron chi connectivity index (χ4n) is 2.54. The monoisotopic (exact) mass is 335 g/mol. The molecule has 1 atom stereocenters. The third-order valence-corrected chi connectivity index (χ3v) is 3.61. The van der Waals surface area contributed by atoms with Crippen LogP contribution in [0.15, 0.2) is 53.2 Å². The summed E-state index contributed by atoms with van der Waals surface area (Å²) in [4.78, 5) is 23.3. The van der Waals surface area contributed by atoms with Crippen LogP contribution in [0.1, 0.15) is 11.1 Å². The Morgan fingerprint density at radius 3 is 2.71 bits per heavy atom. The van der Waals surface area contributed by atoms with E-state index in [4.69, 9.17) is 5.11 Å². The average Bonchev–Trinajstić information content (AvgIpc) is 2.53. The van der Waals surface area contributed by atoms with E-state index in [9.17, 15) is 22.8 Å². The molecule has 0 spiro atoms. The lowest BCUT2D eigenvalue weighted by atomic mass is 9.83. The van der Waals surface area contributed by atoms with Crippen molar-refractivity contribution in [2.45, 2.75) is 6.18 Å². The lowest BCUT2D eigenvalue weighted by Gasteiger charge is -2.20. The molecule has 3 rings (SSSR count). The molecule has 5 nitrogen and oxygen atoms in total. The van der Waals surface area contributed by atoms with E-state index in [1.165, 1.54) is 36.6 Å². The molecular weight excluding hydrogens is 325 g/mol. The summed E-state index contributed by atoms with van der Waals surface area (Å²) in [5.74, 6) is -1.29. The van der Waals surface area contributed by atoms with Crippen LogP contribution in [-0.2, 0) is 11.0 Å². The van der Waals surface area contributed by atoms with Crippen LogP contribution < -0.4 is 0 Å².